The molecule has 1 aromatic rings. The van der Waals surface area contributed by atoms with Gasteiger partial charge in [-0.1, -0.05) is 6.07 Å². The highest BCUT2D eigenvalue weighted by molar-refractivity contribution is 6.17. The van der Waals surface area contributed by atoms with Crippen LogP contribution < -0.4 is 14.8 Å². The molecule has 1 amide bonds. The molecule has 0 bridgehead atoms. The summed E-state index contributed by atoms with van der Waals surface area (Å²) in [6, 6.07) is 5.16. The van der Waals surface area contributed by atoms with Gasteiger partial charge < -0.3 is 19.5 Å². The van der Waals surface area contributed by atoms with E-state index in [2.05, 4.69) is 5.32 Å². The lowest BCUT2D eigenvalue weighted by molar-refractivity contribution is 0.0885. The Morgan fingerprint density at radius 3 is 3.00 bits per heavy atom. The molecule has 1 aliphatic rings. The zero-order valence-electron chi connectivity index (χ0n) is 11.4. The maximum absolute atomic E-state index is 12.3. The molecule has 0 fully saturated rings. The molecule has 0 spiro atoms. The Hall–Kier alpha value is -1.46. The monoisotopic (exact) mass is 299 g/mol. The van der Waals surface area contributed by atoms with E-state index >= 15 is 0 Å². The second kappa shape index (κ2) is 7.36. The van der Waals surface area contributed by atoms with Gasteiger partial charge in [-0.15, -0.1) is 11.6 Å². The lowest BCUT2D eigenvalue weighted by atomic mass is 10.1. The number of fused-ring (bicyclic) bond motifs is 1. The minimum absolute atomic E-state index is 0.120. The van der Waals surface area contributed by atoms with E-state index < -0.39 is 0 Å². The first kappa shape index (κ1) is 14.9. The molecule has 0 radical (unpaired) electrons. The second-order valence-corrected chi connectivity index (χ2v) is 4.81. The van der Waals surface area contributed by atoms with Gasteiger partial charge in [-0.05, 0) is 18.6 Å². The first-order chi connectivity index (χ1) is 9.76. The Labute approximate surface area is 123 Å². The fourth-order valence-corrected chi connectivity index (χ4v) is 2.31. The predicted octanol–water partition coefficient (Wildman–Crippen LogP) is 1.83. The Morgan fingerprint density at radius 1 is 1.45 bits per heavy atom. The van der Waals surface area contributed by atoms with Crippen LogP contribution in [0.3, 0.4) is 0 Å². The van der Waals surface area contributed by atoms with Gasteiger partial charge >= 0.3 is 0 Å². The van der Waals surface area contributed by atoms with E-state index in [0.29, 0.717) is 49.2 Å². The van der Waals surface area contributed by atoms with Crippen LogP contribution in [0.15, 0.2) is 18.2 Å². The van der Waals surface area contributed by atoms with Crippen LogP contribution in [0.25, 0.3) is 0 Å². The summed E-state index contributed by atoms with van der Waals surface area (Å²) < 4.78 is 16.1. The van der Waals surface area contributed by atoms with Gasteiger partial charge in [-0.25, -0.2) is 0 Å². The molecule has 1 N–H and O–H groups in total. The molecule has 1 aliphatic heterocycles. The first-order valence-corrected chi connectivity index (χ1v) is 7.04. The van der Waals surface area contributed by atoms with Crippen LogP contribution >= 0.6 is 11.6 Å². The molecule has 1 atom stereocenters. The van der Waals surface area contributed by atoms with Crippen LogP contribution in [0.1, 0.15) is 16.8 Å². The van der Waals surface area contributed by atoms with Crippen molar-refractivity contribution in [3.63, 3.8) is 0 Å². The minimum atomic E-state index is -0.209. The van der Waals surface area contributed by atoms with Crippen LogP contribution in [-0.4, -0.2) is 44.8 Å². The lowest BCUT2D eigenvalue weighted by Crippen LogP contribution is -2.38. The van der Waals surface area contributed by atoms with Crippen LogP contribution in [-0.2, 0) is 4.74 Å². The van der Waals surface area contributed by atoms with Crippen molar-refractivity contribution in [2.24, 2.45) is 0 Å². The van der Waals surface area contributed by atoms with E-state index in [1.807, 2.05) is 0 Å². The van der Waals surface area contributed by atoms with Crippen molar-refractivity contribution < 1.29 is 19.0 Å². The highest BCUT2D eigenvalue weighted by Crippen LogP contribution is 2.33. The third-order valence-electron chi connectivity index (χ3n) is 2.97. The number of nitrogens with one attached hydrogen (secondary N) is 1. The molecular formula is C14H18ClNO4. The highest BCUT2D eigenvalue weighted by Gasteiger charge is 2.22. The summed E-state index contributed by atoms with van der Waals surface area (Å²) >= 11 is 5.73. The number of para-hydroxylation sites is 1. The van der Waals surface area contributed by atoms with Crippen molar-refractivity contribution in [3.05, 3.63) is 23.8 Å². The smallest absolute Gasteiger partial charge is 0.255 e. The van der Waals surface area contributed by atoms with Gasteiger partial charge in [0.25, 0.3) is 5.91 Å². The van der Waals surface area contributed by atoms with Gasteiger partial charge in [0.1, 0.15) is 13.2 Å². The number of hydrogen-bond donors (Lipinski definition) is 1. The van der Waals surface area contributed by atoms with Gasteiger partial charge in [0.05, 0.1) is 18.2 Å². The normalized spacial score (nSPS) is 14.7. The number of benzene rings is 1. The van der Waals surface area contributed by atoms with Crippen LogP contribution in [0.4, 0.5) is 0 Å². The van der Waals surface area contributed by atoms with E-state index in [1.165, 1.54) is 0 Å². The standard InChI is InChI=1S/C14H18ClNO4/c1-18-9-10(5-6-15)16-14(17)11-3-2-4-12-13(11)20-8-7-19-12/h2-4,10H,5-9H2,1H3,(H,16,17). The number of methoxy groups -OCH3 is 1. The van der Waals surface area contributed by atoms with Crippen molar-refractivity contribution in [2.45, 2.75) is 12.5 Å². The van der Waals surface area contributed by atoms with Crippen molar-refractivity contribution >= 4 is 17.5 Å². The number of halogens is 1. The van der Waals surface area contributed by atoms with E-state index in [4.69, 9.17) is 25.8 Å². The molecule has 0 aromatic heterocycles. The van der Waals surface area contributed by atoms with E-state index in [0.717, 1.165) is 0 Å². The molecule has 2 rings (SSSR count). The number of carbonyl (C=O) groups is 1. The third kappa shape index (κ3) is 3.55. The quantitative estimate of drug-likeness (QED) is 0.814. The number of ether oxygens (including phenoxy) is 3. The molecule has 1 heterocycles. The van der Waals surface area contributed by atoms with Crippen LogP contribution in [0.2, 0.25) is 0 Å². The maximum Gasteiger partial charge on any atom is 0.255 e. The summed E-state index contributed by atoms with van der Waals surface area (Å²) in [6.07, 6.45) is 0.646. The Kier molecular flexibility index (Phi) is 5.49. The molecule has 1 unspecified atom stereocenters. The molecule has 110 valence electrons. The predicted molar refractivity (Wildman–Crippen MR) is 75.9 cm³/mol. The lowest BCUT2D eigenvalue weighted by Gasteiger charge is -2.22. The zero-order valence-corrected chi connectivity index (χ0v) is 12.1. The first-order valence-electron chi connectivity index (χ1n) is 6.50. The van der Waals surface area contributed by atoms with Gasteiger partial charge in [0, 0.05) is 13.0 Å². The topological polar surface area (TPSA) is 56.8 Å². The number of hydrogen-bond acceptors (Lipinski definition) is 4. The number of amides is 1. The van der Waals surface area contributed by atoms with Crippen molar-refractivity contribution in [1.29, 1.82) is 0 Å². The van der Waals surface area contributed by atoms with E-state index in [1.54, 1.807) is 25.3 Å². The van der Waals surface area contributed by atoms with Crippen molar-refractivity contribution in [1.82, 2.24) is 5.32 Å². The molecule has 20 heavy (non-hydrogen) atoms. The van der Waals surface area contributed by atoms with Gasteiger partial charge in [0.15, 0.2) is 11.5 Å². The van der Waals surface area contributed by atoms with E-state index in [9.17, 15) is 4.79 Å². The maximum atomic E-state index is 12.3. The largest absolute Gasteiger partial charge is 0.486 e. The van der Waals surface area contributed by atoms with Crippen molar-refractivity contribution in [2.75, 3.05) is 32.8 Å². The SMILES string of the molecule is COCC(CCCl)NC(=O)c1cccc2c1OCCO2. The average molecular weight is 300 g/mol. The molecule has 0 aliphatic carbocycles. The van der Waals surface area contributed by atoms with Gasteiger partial charge in [-0.3, -0.25) is 4.79 Å². The van der Waals surface area contributed by atoms with Crippen LogP contribution in [0, 0.1) is 0 Å². The van der Waals surface area contributed by atoms with Crippen LogP contribution in [0.5, 0.6) is 11.5 Å². The van der Waals surface area contributed by atoms with E-state index in [-0.39, 0.29) is 11.9 Å². The summed E-state index contributed by atoms with van der Waals surface area (Å²) in [7, 11) is 1.59. The van der Waals surface area contributed by atoms with Gasteiger partial charge in [0.2, 0.25) is 0 Å². The second-order valence-electron chi connectivity index (χ2n) is 4.43. The molecule has 5 nitrogen and oxygen atoms in total. The minimum Gasteiger partial charge on any atom is -0.486 e. The molecule has 1 aromatic carbocycles. The fourth-order valence-electron chi connectivity index (χ4n) is 2.05. The summed E-state index contributed by atoms with van der Waals surface area (Å²) in [6.45, 7) is 1.36. The summed E-state index contributed by atoms with van der Waals surface area (Å²) in [4.78, 5) is 12.3. The summed E-state index contributed by atoms with van der Waals surface area (Å²) in [5, 5.41) is 2.90. The average Bonchev–Trinajstić information content (AvgIpc) is 2.47. The number of rotatable bonds is 6. The Balaban J connectivity index is 2.12. The molecular weight excluding hydrogens is 282 g/mol. The summed E-state index contributed by atoms with van der Waals surface area (Å²) in [5.41, 5.74) is 0.470. The third-order valence-corrected chi connectivity index (χ3v) is 3.19. The summed E-state index contributed by atoms with van der Waals surface area (Å²) in [5.74, 6) is 1.35. The fraction of sp³-hybridized carbons (Fsp3) is 0.500. The molecule has 0 saturated carbocycles. The highest BCUT2D eigenvalue weighted by atomic mass is 35.5. The number of carbonyl (C=O) groups excluding carboxylic acids is 1. The van der Waals surface area contributed by atoms with Gasteiger partial charge in [-0.2, -0.15) is 0 Å². The molecule has 6 heteroatoms. The Morgan fingerprint density at radius 2 is 2.25 bits per heavy atom. The van der Waals surface area contributed by atoms with Crippen molar-refractivity contribution in [3.8, 4) is 11.5 Å². The number of alkyl halides is 1. The zero-order chi connectivity index (χ0) is 14.4. The Bertz CT molecular complexity index is 460. The molecule has 0 saturated heterocycles.